The van der Waals surface area contributed by atoms with Crippen molar-refractivity contribution in [3.63, 3.8) is 0 Å². The predicted molar refractivity (Wildman–Crippen MR) is 117 cm³/mol. The van der Waals surface area contributed by atoms with E-state index in [2.05, 4.69) is 0 Å². The highest BCUT2D eigenvalue weighted by Crippen LogP contribution is 2.33. The number of phenols is 1. The minimum Gasteiger partial charge on any atom is -0.507 e. The van der Waals surface area contributed by atoms with Gasteiger partial charge in [0.15, 0.2) is 15.6 Å². The zero-order valence-corrected chi connectivity index (χ0v) is 18.9. The monoisotopic (exact) mass is 468 g/mol. The highest BCUT2D eigenvalue weighted by Gasteiger charge is 2.20. The van der Waals surface area contributed by atoms with E-state index in [1.165, 1.54) is 31.2 Å². The van der Waals surface area contributed by atoms with E-state index < -0.39 is 15.8 Å². The fourth-order valence-electron chi connectivity index (χ4n) is 3.15. The van der Waals surface area contributed by atoms with Crippen molar-refractivity contribution in [3.8, 4) is 11.5 Å². The Balaban J connectivity index is 2.06. The van der Waals surface area contributed by atoms with Gasteiger partial charge in [0, 0.05) is 5.56 Å². The maximum absolute atomic E-state index is 12.6. The van der Waals surface area contributed by atoms with Gasteiger partial charge in [0.2, 0.25) is 0 Å². The lowest BCUT2D eigenvalue weighted by atomic mass is 10.0. The van der Waals surface area contributed by atoms with Gasteiger partial charge < -0.3 is 14.9 Å². The molecule has 0 atom stereocenters. The van der Waals surface area contributed by atoms with E-state index in [1.54, 1.807) is 6.07 Å². The van der Waals surface area contributed by atoms with Gasteiger partial charge in [-0.1, -0.05) is 31.0 Å². The van der Waals surface area contributed by atoms with Gasteiger partial charge in [-0.05, 0) is 49.6 Å². The van der Waals surface area contributed by atoms with Crippen molar-refractivity contribution in [2.75, 3.05) is 12.4 Å². The first kappa shape index (κ1) is 24.7. The van der Waals surface area contributed by atoms with Gasteiger partial charge in [0.05, 0.1) is 34.3 Å². The predicted octanol–water partition coefficient (Wildman–Crippen LogP) is 4.07. The molecular weight excluding hydrogens is 444 g/mol. The Morgan fingerprint density at radius 2 is 1.87 bits per heavy atom. The summed E-state index contributed by atoms with van der Waals surface area (Å²) in [7, 11) is -3.69. The van der Waals surface area contributed by atoms with Crippen molar-refractivity contribution in [1.29, 1.82) is 0 Å². The van der Waals surface area contributed by atoms with E-state index >= 15 is 0 Å². The average Bonchev–Trinajstić information content (AvgIpc) is 2.66. The van der Waals surface area contributed by atoms with E-state index in [9.17, 15) is 23.1 Å². The Hall–Kier alpha value is -2.58. The number of halogens is 1. The third-order valence-electron chi connectivity index (χ3n) is 4.62. The van der Waals surface area contributed by atoms with Crippen molar-refractivity contribution >= 4 is 33.2 Å². The molecule has 0 spiro atoms. The SMILES string of the molecule is CCCc1c(OCCCS(=O)(=O)c2ccc(CC(=O)O)cc2Cl)ccc(C(C)=O)c1O. The maximum Gasteiger partial charge on any atom is 0.307 e. The minimum atomic E-state index is -3.69. The largest absolute Gasteiger partial charge is 0.507 e. The Morgan fingerprint density at radius 1 is 1.16 bits per heavy atom. The van der Waals surface area contributed by atoms with Crippen LogP contribution in [-0.2, 0) is 27.5 Å². The third kappa shape index (κ3) is 6.45. The minimum absolute atomic E-state index is 0.0188. The summed E-state index contributed by atoms with van der Waals surface area (Å²) in [4.78, 5) is 22.4. The molecule has 0 aromatic heterocycles. The van der Waals surface area contributed by atoms with Gasteiger partial charge in [0.25, 0.3) is 0 Å². The molecule has 0 bridgehead atoms. The zero-order valence-electron chi connectivity index (χ0n) is 17.4. The summed E-state index contributed by atoms with van der Waals surface area (Å²) >= 11 is 6.06. The summed E-state index contributed by atoms with van der Waals surface area (Å²) in [6, 6.07) is 7.18. The molecule has 2 aromatic carbocycles. The molecule has 2 aromatic rings. The number of carbonyl (C=O) groups excluding carboxylic acids is 1. The van der Waals surface area contributed by atoms with Crippen LogP contribution < -0.4 is 4.74 Å². The third-order valence-corrected chi connectivity index (χ3v) is 6.90. The average molecular weight is 469 g/mol. The van der Waals surface area contributed by atoms with Gasteiger partial charge in [-0.3, -0.25) is 9.59 Å². The van der Waals surface area contributed by atoms with Crippen molar-refractivity contribution in [1.82, 2.24) is 0 Å². The second kappa shape index (κ2) is 10.6. The van der Waals surface area contributed by atoms with E-state index in [-0.39, 0.29) is 52.2 Å². The van der Waals surface area contributed by atoms with E-state index in [0.717, 1.165) is 6.42 Å². The van der Waals surface area contributed by atoms with Crippen LogP contribution in [0.15, 0.2) is 35.2 Å². The number of phenolic OH excluding ortho intramolecular Hbond substituents is 1. The molecule has 2 rings (SSSR count). The molecule has 168 valence electrons. The molecule has 7 nitrogen and oxygen atoms in total. The Bertz CT molecular complexity index is 1080. The zero-order chi connectivity index (χ0) is 23.2. The standard InChI is InChI=1S/C22H25ClO7S/c1-3-5-17-19(8-7-16(14(2)24)22(17)27)30-10-4-11-31(28,29)20-9-6-15(12-18(20)23)13-21(25)26/h6-9,12,27H,3-5,10-11,13H2,1-2H3,(H,25,26). The number of ketones is 1. The van der Waals surface area contributed by atoms with Gasteiger partial charge >= 0.3 is 5.97 Å². The molecule has 0 saturated carbocycles. The highest BCUT2D eigenvalue weighted by atomic mass is 35.5. The Kier molecular flexibility index (Phi) is 8.47. The van der Waals surface area contributed by atoms with Gasteiger partial charge in [-0.2, -0.15) is 0 Å². The van der Waals surface area contributed by atoms with Crippen LogP contribution in [0.5, 0.6) is 11.5 Å². The summed E-state index contributed by atoms with van der Waals surface area (Å²) < 4.78 is 30.9. The number of carboxylic acid groups (broad SMARTS) is 1. The summed E-state index contributed by atoms with van der Waals surface area (Å²) in [5, 5.41) is 19.2. The van der Waals surface area contributed by atoms with Crippen LogP contribution in [0.1, 0.15) is 48.2 Å². The molecule has 31 heavy (non-hydrogen) atoms. The lowest BCUT2D eigenvalue weighted by Crippen LogP contribution is -2.12. The van der Waals surface area contributed by atoms with Gasteiger partial charge in [-0.25, -0.2) is 8.42 Å². The van der Waals surface area contributed by atoms with Crippen molar-refractivity contribution < 1.29 is 33.0 Å². The molecule has 0 aliphatic heterocycles. The molecule has 0 amide bonds. The number of aromatic hydroxyl groups is 1. The summed E-state index contributed by atoms with van der Waals surface area (Å²) in [5.74, 6) is -1.19. The number of rotatable bonds is 11. The number of carbonyl (C=O) groups is 2. The number of hydrogen-bond donors (Lipinski definition) is 2. The van der Waals surface area contributed by atoms with Crippen molar-refractivity contribution in [3.05, 3.63) is 52.0 Å². The first-order valence-electron chi connectivity index (χ1n) is 9.78. The second-order valence-corrected chi connectivity index (χ2v) is 9.59. The van der Waals surface area contributed by atoms with Gasteiger partial charge in [-0.15, -0.1) is 0 Å². The quantitative estimate of drug-likeness (QED) is 0.377. The van der Waals surface area contributed by atoms with E-state index in [0.29, 0.717) is 23.3 Å². The first-order chi connectivity index (χ1) is 14.6. The molecular formula is C22H25ClO7S. The molecule has 0 fully saturated rings. The number of benzene rings is 2. The van der Waals surface area contributed by atoms with Crippen LogP contribution in [0.2, 0.25) is 5.02 Å². The van der Waals surface area contributed by atoms with Crippen LogP contribution >= 0.6 is 11.6 Å². The van der Waals surface area contributed by atoms with E-state index in [4.69, 9.17) is 21.4 Å². The Labute approximate surface area is 186 Å². The maximum atomic E-state index is 12.6. The fourth-order valence-corrected chi connectivity index (χ4v) is 5.06. The van der Waals surface area contributed by atoms with E-state index in [1.807, 2.05) is 6.92 Å². The number of sulfone groups is 1. The number of carboxylic acids is 1. The number of aliphatic carboxylic acids is 1. The van der Waals surface area contributed by atoms with Gasteiger partial charge in [0.1, 0.15) is 11.5 Å². The molecule has 0 aliphatic carbocycles. The molecule has 0 unspecified atom stereocenters. The molecule has 0 aliphatic rings. The smallest absolute Gasteiger partial charge is 0.307 e. The highest BCUT2D eigenvalue weighted by molar-refractivity contribution is 7.91. The molecule has 0 radical (unpaired) electrons. The Morgan fingerprint density at radius 3 is 2.45 bits per heavy atom. The molecule has 2 N–H and O–H groups in total. The number of hydrogen-bond acceptors (Lipinski definition) is 6. The normalized spacial score (nSPS) is 11.3. The lowest BCUT2D eigenvalue weighted by molar-refractivity contribution is -0.136. The van der Waals surface area contributed by atoms with Crippen LogP contribution in [0.3, 0.4) is 0 Å². The van der Waals surface area contributed by atoms with Crippen LogP contribution in [0.4, 0.5) is 0 Å². The fraction of sp³-hybridized carbons (Fsp3) is 0.364. The van der Waals surface area contributed by atoms with Crippen molar-refractivity contribution in [2.24, 2.45) is 0 Å². The summed E-state index contributed by atoms with van der Waals surface area (Å²) in [6.07, 6.45) is 1.18. The number of ether oxygens (including phenoxy) is 1. The molecule has 0 saturated heterocycles. The summed E-state index contributed by atoms with van der Waals surface area (Å²) in [5.41, 5.74) is 1.16. The first-order valence-corrected chi connectivity index (χ1v) is 11.8. The van der Waals surface area contributed by atoms with Crippen LogP contribution in [0, 0.1) is 0 Å². The van der Waals surface area contributed by atoms with Crippen LogP contribution in [-0.4, -0.2) is 42.7 Å². The van der Waals surface area contributed by atoms with Crippen molar-refractivity contribution in [2.45, 2.75) is 44.4 Å². The topological polar surface area (TPSA) is 118 Å². The van der Waals surface area contributed by atoms with Crippen LogP contribution in [0.25, 0.3) is 0 Å². The second-order valence-electron chi connectivity index (χ2n) is 7.10. The number of Topliss-reactive ketones (excluding diaryl/α,β-unsaturated/α-hetero) is 1. The molecule has 9 heteroatoms. The summed E-state index contributed by atoms with van der Waals surface area (Å²) in [6.45, 7) is 3.39. The molecule has 0 heterocycles. The lowest BCUT2D eigenvalue weighted by Gasteiger charge is -2.15.